The van der Waals surface area contributed by atoms with Crippen LogP contribution in [0.15, 0.2) is 66.2 Å². The van der Waals surface area contributed by atoms with Gasteiger partial charge in [-0.05, 0) is 60.5 Å². The van der Waals surface area contributed by atoms with Crippen LogP contribution in [0.5, 0.6) is 5.75 Å². The van der Waals surface area contributed by atoms with Crippen molar-refractivity contribution in [2.75, 3.05) is 12.4 Å². The van der Waals surface area contributed by atoms with Crippen LogP contribution < -0.4 is 10.1 Å². The fourth-order valence-electron chi connectivity index (χ4n) is 3.07. The van der Waals surface area contributed by atoms with Crippen LogP contribution in [0, 0.1) is 24.1 Å². The van der Waals surface area contributed by atoms with Gasteiger partial charge in [-0.15, -0.1) is 0 Å². The highest BCUT2D eigenvalue weighted by Crippen LogP contribution is 2.32. The third-order valence-corrected chi connectivity index (χ3v) is 4.99. The number of carbonyl (C=O) groups excluding carboxylic acids is 1. The lowest BCUT2D eigenvalue weighted by Crippen LogP contribution is -2.13. The molecule has 0 saturated heterocycles. The van der Waals surface area contributed by atoms with Gasteiger partial charge in [0.25, 0.3) is 5.91 Å². The Kier molecular flexibility index (Phi) is 7.07. The smallest absolute Gasteiger partial charge is 0.266 e. The van der Waals surface area contributed by atoms with Gasteiger partial charge in [0.2, 0.25) is 0 Å². The summed E-state index contributed by atoms with van der Waals surface area (Å²) in [7, 11) is 1.50. The Morgan fingerprint density at radius 3 is 2.58 bits per heavy atom. The molecule has 31 heavy (non-hydrogen) atoms. The number of amides is 1. The second-order valence-corrected chi connectivity index (χ2v) is 7.39. The molecular formula is C25H20ClFN2O2. The summed E-state index contributed by atoms with van der Waals surface area (Å²) in [5.41, 5.74) is 3.57. The molecule has 3 aromatic carbocycles. The third kappa shape index (κ3) is 5.71. The first-order valence-electron chi connectivity index (χ1n) is 9.50. The van der Waals surface area contributed by atoms with Crippen molar-refractivity contribution >= 4 is 29.3 Å². The van der Waals surface area contributed by atoms with Crippen LogP contribution in [-0.4, -0.2) is 13.0 Å². The number of hydrogen-bond acceptors (Lipinski definition) is 3. The zero-order chi connectivity index (χ0) is 22.4. The van der Waals surface area contributed by atoms with Gasteiger partial charge < -0.3 is 10.1 Å². The molecule has 0 aliphatic heterocycles. The largest absolute Gasteiger partial charge is 0.496 e. The average Bonchev–Trinajstić information content (AvgIpc) is 2.75. The fraction of sp³-hybridized carbons (Fsp3) is 0.120. The Hall–Kier alpha value is -3.62. The van der Waals surface area contributed by atoms with Gasteiger partial charge in [-0.25, -0.2) is 4.39 Å². The minimum Gasteiger partial charge on any atom is -0.496 e. The highest BCUT2D eigenvalue weighted by atomic mass is 35.5. The van der Waals surface area contributed by atoms with Gasteiger partial charge >= 0.3 is 0 Å². The maximum absolute atomic E-state index is 13.5. The van der Waals surface area contributed by atoms with E-state index in [0.717, 1.165) is 11.1 Å². The molecule has 0 heterocycles. The van der Waals surface area contributed by atoms with Crippen molar-refractivity contribution in [3.8, 4) is 11.8 Å². The molecule has 0 atom stereocenters. The van der Waals surface area contributed by atoms with Crippen molar-refractivity contribution < 1.29 is 13.9 Å². The lowest BCUT2D eigenvalue weighted by Gasteiger charge is -2.12. The highest BCUT2D eigenvalue weighted by molar-refractivity contribution is 6.31. The molecule has 0 saturated carbocycles. The van der Waals surface area contributed by atoms with Gasteiger partial charge in [-0.2, -0.15) is 5.26 Å². The molecule has 6 heteroatoms. The molecule has 156 valence electrons. The average molecular weight is 435 g/mol. The maximum atomic E-state index is 13.5. The first-order chi connectivity index (χ1) is 14.9. The minimum absolute atomic E-state index is 0.0726. The molecule has 0 fully saturated rings. The molecule has 0 aliphatic rings. The van der Waals surface area contributed by atoms with E-state index in [9.17, 15) is 14.4 Å². The van der Waals surface area contributed by atoms with E-state index < -0.39 is 5.91 Å². The van der Waals surface area contributed by atoms with Crippen molar-refractivity contribution in [2.45, 2.75) is 13.3 Å². The first-order valence-corrected chi connectivity index (χ1v) is 9.88. The SMILES string of the molecule is COc1cc(/C=C(\C#N)C(=O)Nc2ccc(C)cc2)cc(Cl)c1Cc1cccc(F)c1. The van der Waals surface area contributed by atoms with E-state index in [1.165, 1.54) is 25.3 Å². The number of carbonyl (C=O) groups is 1. The molecule has 0 unspecified atom stereocenters. The predicted molar refractivity (Wildman–Crippen MR) is 121 cm³/mol. The van der Waals surface area contributed by atoms with Crippen molar-refractivity contribution in [1.29, 1.82) is 5.26 Å². The summed E-state index contributed by atoms with van der Waals surface area (Å²) in [4.78, 5) is 12.5. The summed E-state index contributed by atoms with van der Waals surface area (Å²) in [6.45, 7) is 1.95. The molecular weight excluding hydrogens is 415 g/mol. The first kappa shape index (κ1) is 22.1. The summed E-state index contributed by atoms with van der Waals surface area (Å²) >= 11 is 6.47. The quantitative estimate of drug-likeness (QED) is 0.386. The molecule has 1 amide bonds. The van der Waals surface area contributed by atoms with Crippen LogP contribution in [0.1, 0.15) is 22.3 Å². The standard InChI is InChI=1S/C25H20ClFN2O2/c1-16-6-8-21(9-7-16)29-25(30)19(15-28)10-18-13-23(26)22(24(14-18)31-2)12-17-4-3-5-20(27)11-17/h3-11,13-14H,12H2,1-2H3,(H,29,30)/b19-10+. The number of ether oxygens (including phenoxy) is 1. The molecule has 3 rings (SSSR count). The fourth-order valence-corrected chi connectivity index (χ4v) is 3.36. The number of halogens is 2. The minimum atomic E-state index is -0.523. The summed E-state index contributed by atoms with van der Waals surface area (Å²) in [5.74, 6) is -0.366. The van der Waals surface area contributed by atoms with Crippen molar-refractivity contribution in [2.24, 2.45) is 0 Å². The van der Waals surface area contributed by atoms with E-state index in [4.69, 9.17) is 16.3 Å². The lowest BCUT2D eigenvalue weighted by atomic mass is 10.0. The van der Waals surface area contributed by atoms with Crippen LogP contribution in [0.2, 0.25) is 5.02 Å². The summed E-state index contributed by atoms with van der Waals surface area (Å²) in [6, 6.07) is 18.8. The van der Waals surface area contributed by atoms with Crippen molar-refractivity contribution in [3.05, 3.63) is 99.3 Å². The van der Waals surface area contributed by atoms with Gasteiger partial charge in [0.05, 0.1) is 7.11 Å². The Morgan fingerprint density at radius 2 is 1.94 bits per heavy atom. The van der Waals surface area contributed by atoms with E-state index in [0.29, 0.717) is 34.0 Å². The molecule has 0 radical (unpaired) electrons. The Labute approximate surface area is 185 Å². The summed E-state index contributed by atoms with van der Waals surface area (Å²) < 4.78 is 19.0. The Bertz CT molecular complexity index is 1180. The normalized spacial score (nSPS) is 11.0. The van der Waals surface area contributed by atoms with Crippen molar-refractivity contribution in [1.82, 2.24) is 0 Å². The molecule has 0 aromatic heterocycles. The van der Waals surface area contributed by atoms with E-state index in [1.807, 2.05) is 25.1 Å². The number of benzene rings is 3. The number of methoxy groups -OCH3 is 1. The molecule has 0 bridgehead atoms. The molecule has 0 spiro atoms. The predicted octanol–water partition coefficient (Wildman–Crippen LogP) is 5.93. The Balaban J connectivity index is 1.88. The van der Waals surface area contributed by atoms with Crippen LogP contribution in [0.25, 0.3) is 6.08 Å². The number of anilines is 1. The number of nitriles is 1. The van der Waals surface area contributed by atoms with Gasteiger partial charge in [-0.3, -0.25) is 4.79 Å². The van der Waals surface area contributed by atoms with Gasteiger partial charge in [-0.1, -0.05) is 41.4 Å². The molecule has 1 N–H and O–H groups in total. The topological polar surface area (TPSA) is 62.1 Å². The van der Waals surface area contributed by atoms with Crippen LogP contribution >= 0.6 is 11.6 Å². The number of hydrogen-bond donors (Lipinski definition) is 1. The molecule has 4 nitrogen and oxygen atoms in total. The second-order valence-electron chi connectivity index (χ2n) is 6.98. The van der Waals surface area contributed by atoms with Gasteiger partial charge in [0, 0.05) is 22.7 Å². The molecule has 3 aromatic rings. The number of nitrogens with zero attached hydrogens (tertiary/aromatic N) is 1. The zero-order valence-corrected chi connectivity index (χ0v) is 17.8. The Morgan fingerprint density at radius 1 is 1.19 bits per heavy atom. The number of nitrogens with one attached hydrogen (secondary N) is 1. The number of rotatable bonds is 6. The van der Waals surface area contributed by atoms with Crippen molar-refractivity contribution in [3.63, 3.8) is 0 Å². The summed E-state index contributed by atoms with van der Waals surface area (Å²) in [5, 5.41) is 12.6. The highest BCUT2D eigenvalue weighted by Gasteiger charge is 2.14. The van der Waals surface area contributed by atoms with E-state index in [1.54, 1.807) is 36.4 Å². The van der Waals surface area contributed by atoms with E-state index in [2.05, 4.69) is 5.32 Å². The zero-order valence-electron chi connectivity index (χ0n) is 17.1. The van der Waals surface area contributed by atoms with E-state index in [-0.39, 0.29) is 11.4 Å². The van der Waals surface area contributed by atoms with Crippen LogP contribution in [-0.2, 0) is 11.2 Å². The second kappa shape index (κ2) is 9.92. The lowest BCUT2D eigenvalue weighted by molar-refractivity contribution is -0.112. The third-order valence-electron chi connectivity index (χ3n) is 4.65. The van der Waals surface area contributed by atoms with Gasteiger partial charge in [0.15, 0.2) is 0 Å². The van der Waals surface area contributed by atoms with Crippen LogP contribution in [0.4, 0.5) is 10.1 Å². The van der Waals surface area contributed by atoms with Gasteiger partial charge in [0.1, 0.15) is 23.2 Å². The maximum Gasteiger partial charge on any atom is 0.266 e. The monoisotopic (exact) mass is 434 g/mol. The number of aryl methyl sites for hydroxylation is 1. The van der Waals surface area contributed by atoms with Crippen LogP contribution in [0.3, 0.4) is 0 Å². The van der Waals surface area contributed by atoms with E-state index >= 15 is 0 Å². The molecule has 0 aliphatic carbocycles. The summed E-state index contributed by atoms with van der Waals surface area (Å²) in [6.07, 6.45) is 1.83.